The third kappa shape index (κ3) is 3.58. The number of hydrogen-bond acceptors (Lipinski definition) is 4. The highest BCUT2D eigenvalue weighted by Gasteiger charge is 2.22. The number of likely N-dealkylation sites (tertiary alicyclic amines) is 1. The van der Waals surface area contributed by atoms with Gasteiger partial charge in [0, 0.05) is 33.6 Å². The van der Waals surface area contributed by atoms with Gasteiger partial charge in [0.1, 0.15) is 0 Å². The number of rotatable bonds is 7. The molecule has 1 aromatic carbocycles. The summed E-state index contributed by atoms with van der Waals surface area (Å²) in [5, 5.41) is 12.6. The summed E-state index contributed by atoms with van der Waals surface area (Å²) in [6.45, 7) is 0.477. The predicted octanol–water partition coefficient (Wildman–Crippen LogP) is 2.53. The molecule has 4 heteroatoms. The normalized spacial score (nSPS) is 18.9. The molecule has 20 heavy (non-hydrogen) atoms. The van der Waals surface area contributed by atoms with Crippen LogP contribution in [-0.2, 0) is 11.2 Å². The number of hydrogen-bond donors (Lipinski definition) is 1. The summed E-state index contributed by atoms with van der Waals surface area (Å²) in [5.41, 5.74) is 1.25. The number of aliphatic hydroxyl groups excluding tert-OH is 1. The van der Waals surface area contributed by atoms with Crippen molar-refractivity contribution < 1.29 is 12.6 Å². The van der Waals surface area contributed by atoms with Crippen LogP contribution in [0, 0.1) is 0 Å². The van der Waals surface area contributed by atoms with Crippen LogP contribution in [-0.4, -0.2) is 48.9 Å². The second-order valence-electron chi connectivity index (χ2n) is 5.12. The van der Waals surface area contributed by atoms with Gasteiger partial charge in [-0.3, -0.25) is 4.90 Å². The molecule has 1 saturated heterocycles. The number of fused-ring (bicyclic) bond motifs is 1. The molecule has 2 heterocycles. The van der Waals surface area contributed by atoms with Crippen LogP contribution in [0.2, 0.25) is 0 Å². The third-order valence-electron chi connectivity index (χ3n) is 3.50. The van der Waals surface area contributed by atoms with Gasteiger partial charge in [0.05, 0.1) is 12.7 Å². The first-order valence-corrected chi connectivity index (χ1v) is 7.89. The summed E-state index contributed by atoms with van der Waals surface area (Å²) in [7, 11) is 0. The first-order valence-electron chi connectivity index (χ1n) is 8.02. The van der Waals surface area contributed by atoms with Gasteiger partial charge in [-0.1, -0.05) is 12.1 Å². The molecular formula is C16H21NO2S. The zero-order chi connectivity index (χ0) is 15.6. The number of aliphatic hydroxyl groups is 1. The van der Waals surface area contributed by atoms with Crippen molar-refractivity contribution in [2.24, 2.45) is 0 Å². The van der Waals surface area contributed by atoms with E-state index in [-0.39, 0.29) is 6.10 Å². The van der Waals surface area contributed by atoms with Crippen LogP contribution >= 0.6 is 11.3 Å². The minimum Gasteiger partial charge on any atom is -0.390 e. The van der Waals surface area contributed by atoms with E-state index in [1.807, 2.05) is 0 Å². The van der Waals surface area contributed by atoms with Gasteiger partial charge in [0.25, 0.3) is 0 Å². The maximum absolute atomic E-state index is 9.24. The predicted molar refractivity (Wildman–Crippen MR) is 83.4 cm³/mol. The van der Waals surface area contributed by atoms with Crippen molar-refractivity contribution in [3.05, 3.63) is 35.2 Å². The van der Waals surface area contributed by atoms with E-state index in [0.717, 1.165) is 6.42 Å². The Labute approximate surface area is 126 Å². The Balaban J connectivity index is 1.38. The van der Waals surface area contributed by atoms with Crippen LogP contribution in [0.25, 0.3) is 10.1 Å². The molecule has 3 rings (SSSR count). The van der Waals surface area contributed by atoms with Gasteiger partial charge >= 0.3 is 0 Å². The van der Waals surface area contributed by atoms with Crippen molar-refractivity contribution in [1.29, 1.82) is 0 Å². The van der Waals surface area contributed by atoms with Crippen LogP contribution < -0.4 is 0 Å². The minimum atomic E-state index is -1.38. The summed E-state index contributed by atoms with van der Waals surface area (Å²) in [5.74, 6) is 0. The highest BCUT2D eigenvalue weighted by molar-refractivity contribution is 7.17. The molecule has 0 unspecified atom stereocenters. The van der Waals surface area contributed by atoms with Gasteiger partial charge in [-0.15, -0.1) is 11.3 Å². The molecule has 3 nitrogen and oxygen atoms in total. The lowest BCUT2D eigenvalue weighted by Crippen LogP contribution is -2.50. The van der Waals surface area contributed by atoms with E-state index >= 15 is 0 Å². The molecule has 0 aliphatic carbocycles. The Morgan fingerprint density at radius 3 is 3.10 bits per heavy atom. The molecule has 0 amide bonds. The third-order valence-corrected chi connectivity index (χ3v) is 4.39. The molecule has 1 fully saturated rings. The Hall–Kier alpha value is -0.940. The van der Waals surface area contributed by atoms with Gasteiger partial charge in [0.2, 0.25) is 0 Å². The molecule has 0 spiro atoms. The van der Waals surface area contributed by atoms with Gasteiger partial charge in [0.15, 0.2) is 0 Å². The Morgan fingerprint density at radius 2 is 2.25 bits per heavy atom. The highest BCUT2D eigenvalue weighted by atomic mass is 32.1. The molecule has 0 atom stereocenters. The van der Waals surface area contributed by atoms with Crippen molar-refractivity contribution >= 4 is 21.4 Å². The van der Waals surface area contributed by atoms with Gasteiger partial charge in [-0.2, -0.15) is 0 Å². The summed E-state index contributed by atoms with van der Waals surface area (Å²) in [4.78, 5) is 1.66. The number of benzene rings is 1. The molecule has 1 N–H and O–H groups in total. The van der Waals surface area contributed by atoms with Crippen molar-refractivity contribution in [2.45, 2.75) is 18.9 Å². The molecule has 0 radical (unpaired) electrons. The summed E-state index contributed by atoms with van der Waals surface area (Å²) in [6, 6.07) is 8.59. The van der Waals surface area contributed by atoms with Crippen LogP contribution in [0.3, 0.4) is 0 Å². The molecule has 2 aromatic rings. The van der Waals surface area contributed by atoms with Crippen molar-refractivity contribution in [3.63, 3.8) is 0 Å². The second kappa shape index (κ2) is 6.68. The van der Waals surface area contributed by atoms with Crippen LogP contribution in [0.5, 0.6) is 0 Å². The number of thiophene rings is 1. The SMILES string of the molecule is [3H]C([3H])(CCOCCc1ccc2sccc2c1)N1CC(O)C1. The van der Waals surface area contributed by atoms with E-state index in [1.165, 1.54) is 15.6 Å². The molecule has 108 valence electrons. The number of nitrogens with zero attached hydrogens (tertiary/aromatic N) is 1. The van der Waals surface area contributed by atoms with Crippen LogP contribution in [0.1, 0.15) is 14.7 Å². The van der Waals surface area contributed by atoms with Crippen molar-refractivity contribution in [2.75, 3.05) is 32.8 Å². The standard InChI is InChI=1S/C16H21NO2S/c18-15-11-17(12-15)6-1-7-19-8-4-13-2-3-16-14(10-13)5-9-20-16/h2-3,5,9-10,15,18H,1,4,6-8,11-12H2/i6T2. The van der Waals surface area contributed by atoms with Gasteiger partial charge < -0.3 is 9.84 Å². The van der Waals surface area contributed by atoms with E-state index < -0.39 is 6.50 Å². The van der Waals surface area contributed by atoms with Crippen LogP contribution in [0.15, 0.2) is 29.6 Å². The average Bonchev–Trinajstić information content (AvgIpc) is 2.91. The quantitative estimate of drug-likeness (QED) is 0.797. The Kier molecular flexibility index (Phi) is 3.90. The van der Waals surface area contributed by atoms with E-state index in [4.69, 9.17) is 7.48 Å². The maximum Gasteiger partial charge on any atom is 0.0793 e. The van der Waals surface area contributed by atoms with Crippen molar-refractivity contribution in [1.82, 2.24) is 4.90 Å². The van der Waals surface area contributed by atoms with E-state index in [1.54, 1.807) is 16.2 Å². The molecule has 1 aliphatic heterocycles. The summed E-state index contributed by atoms with van der Waals surface area (Å²) in [6.07, 6.45) is 0.809. The first kappa shape index (κ1) is 11.7. The maximum atomic E-state index is 9.24. The topological polar surface area (TPSA) is 32.7 Å². The number of β-amino-alcohol motifs (C(OH)–C–C–N with tert-alkyl or cyclic N) is 1. The zero-order valence-electron chi connectivity index (χ0n) is 13.4. The highest BCUT2D eigenvalue weighted by Crippen LogP contribution is 2.21. The van der Waals surface area contributed by atoms with Gasteiger partial charge in [-0.05, 0) is 41.3 Å². The molecular weight excluding hydrogens is 270 g/mol. The lowest BCUT2D eigenvalue weighted by atomic mass is 10.1. The molecule has 0 saturated carbocycles. The summed E-state index contributed by atoms with van der Waals surface area (Å²) >= 11 is 1.75. The molecule has 1 aliphatic rings. The molecule has 1 aromatic heterocycles. The Bertz CT molecular complexity index is 625. The fourth-order valence-electron chi connectivity index (χ4n) is 2.32. The van der Waals surface area contributed by atoms with Gasteiger partial charge in [-0.25, -0.2) is 0 Å². The molecule has 0 bridgehead atoms. The second-order valence-corrected chi connectivity index (χ2v) is 6.07. The monoisotopic (exact) mass is 295 g/mol. The largest absolute Gasteiger partial charge is 0.390 e. The lowest BCUT2D eigenvalue weighted by Gasteiger charge is -2.35. The van der Waals surface area contributed by atoms with Crippen LogP contribution in [0.4, 0.5) is 0 Å². The van der Waals surface area contributed by atoms with E-state index in [0.29, 0.717) is 32.7 Å². The van der Waals surface area contributed by atoms with Crippen molar-refractivity contribution in [3.8, 4) is 0 Å². The van der Waals surface area contributed by atoms with E-state index in [9.17, 15) is 5.11 Å². The first-order chi connectivity index (χ1) is 10.5. The van der Waals surface area contributed by atoms with E-state index in [2.05, 4.69) is 29.6 Å². The smallest absolute Gasteiger partial charge is 0.0793 e. The number of ether oxygens (including phenoxy) is 1. The Morgan fingerprint density at radius 1 is 1.35 bits per heavy atom. The lowest BCUT2D eigenvalue weighted by molar-refractivity contribution is -0.00305. The fraction of sp³-hybridized carbons (Fsp3) is 0.500. The minimum absolute atomic E-state index is 0.337. The average molecular weight is 295 g/mol. The summed E-state index contributed by atoms with van der Waals surface area (Å²) < 4.78 is 22.8. The fourth-order valence-corrected chi connectivity index (χ4v) is 3.09. The zero-order valence-corrected chi connectivity index (χ0v) is 12.2.